The number of ether oxygens (including phenoxy) is 2. The molecule has 154 valence electrons. The lowest BCUT2D eigenvalue weighted by Crippen LogP contribution is -2.23. The molecule has 0 spiro atoms. The molecule has 8 nitrogen and oxygen atoms in total. The minimum absolute atomic E-state index is 0.118. The number of nitrogens with zero attached hydrogens (tertiary/aromatic N) is 3. The Hall–Kier alpha value is -3.39. The van der Waals surface area contributed by atoms with Crippen molar-refractivity contribution in [3.63, 3.8) is 0 Å². The molecule has 0 N–H and O–H groups in total. The summed E-state index contributed by atoms with van der Waals surface area (Å²) >= 11 is 5.85. The summed E-state index contributed by atoms with van der Waals surface area (Å²) in [6.07, 6.45) is 1.44. The SMILES string of the molecule is O=C(COc1ccc(N2CCCC2=O)cc1)OCc1nnc(-c2ccc(Cl)cc2)o1. The second-order valence-corrected chi connectivity index (χ2v) is 7.04. The highest BCUT2D eigenvalue weighted by Gasteiger charge is 2.21. The van der Waals surface area contributed by atoms with Gasteiger partial charge in [0.2, 0.25) is 11.8 Å². The maximum absolute atomic E-state index is 11.9. The van der Waals surface area contributed by atoms with Gasteiger partial charge in [0.1, 0.15) is 5.75 Å². The first-order valence-corrected chi connectivity index (χ1v) is 9.73. The van der Waals surface area contributed by atoms with E-state index < -0.39 is 5.97 Å². The van der Waals surface area contributed by atoms with Crippen molar-refractivity contribution < 1.29 is 23.5 Å². The van der Waals surface area contributed by atoms with E-state index in [0.29, 0.717) is 28.6 Å². The van der Waals surface area contributed by atoms with E-state index >= 15 is 0 Å². The molecule has 2 aromatic carbocycles. The third kappa shape index (κ3) is 4.77. The summed E-state index contributed by atoms with van der Waals surface area (Å²) in [5, 5.41) is 8.39. The largest absolute Gasteiger partial charge is 0.482 e. The van der Waals surface area contributed by atoms with Gasteiger partial charge < -0.3 is 18.8 Å². The molecular weight excluding hydrogens is 410 g/mol. The number of hydrogen-bond acceptors (Lipinski definition) is 7. The van der Waals surface area contributed by atoms with E-state index in [0.717, 1.165) is 18.7 Å². The molecule has 4 rings (SSSR count). The van der Waals surface area contributed by atoms with Gasteiger partial charge in [0.25, 0.3) is 5.89 Å². The minimum Gasteiger partial charge on any atom is -0.482 e. The van der Waals surface area contributed by atoms with Crippen molar-refractivity contribution in [2.75, 3.05) is 18.1 Å². The van der Waals surface area contributed by atoms with Crippen molar-refractivity contribution >= 4 is 29.2 Å². The zero-order chi connectivity index (χ0) is 20.9. The fraction of sp³-hybridized carbons (Fsp3) is 0.238. The zero-order valence-corrected chi connectivity index (χ0v) is 16.7. The molecule has 1 fully saturated rings. The van der Waals surface area contributed by atoms with Crippen LogP contribution in [0.3, 0.4) is 0 Å². The van der Waals surface area contributed by atoms with Gasteiger partial charge >= 0.3 is 5.97 Å². The quantitative estimate of drug-likeness (QED) is 0.531. The van der Waals surface area contributed by atoms with Gasteiger partial charge in [-0.2, -0.15) is 0 Å². The predicted molar refractivity (Wildman–Crippen MR) is 108 cm³/mol. The highest BCUT2D eigenvalue weighted by molar-refractivity contribution is 6.30. The number of esters is 1. The van der Waals surface area contributed by atoms with E-state index in [1.165, 1.54) is 0 Å². The van der Waals surface area contributed by atoms with Crippen molar-refractivity contribution in [1.29, 1.82) is 0 Å². The molecule has 1 aliphatic rings. The number of aromatic nitrogens is 2. The van der Waals surface area contributed by atoms with Crippen LogP contribution in [0.4, 0.5) is 5.69 Å². The average Bonchev–Trinajstić information content (AvgIpc) is 3.41. The van der Waals surface area contributed by atoms with E-state index in [4.69, 9.17) is 25.5 Å². The molecule has 3 aromatic rings. The standard InChI is InChI=1S/C21H18ClN3O5/c22-15-5-3-14(4-6-15)21-24-23-18(30-21)12-29-20(27)13-28-17-9-7-16(8-10-17)25-11-1-2-19(25)26/h3-10H,1-2,11-13H2. The van der Waals surface area contributed by atoms with Gasteiger partial charge in [-0.25, -0.2) is 4.79 Å². The van der Waals surface area contributed by atoms with Crippen molar-refractivity contribution in [2.24, 2.45) is 0 Å². The van der Waals surface area contributed by atoms with Gasteiger partial charge in [0, 0.05) is 29.2 Å². The molecule has 9 heteroatoms. The molecule has 1 saturated heterocycles. The monoisotopic (exact) mass is 427 g/mol. The first kappa shape index (κ1) is 19.9. The number of anilines is 1. The van der Waals surface area contributed by atoms with Crippen LogP contribution in [0.25, 0.3) is 11.5 Å². The molecular formula is C21H18ClN3O5. The van der Waals surface area contributed by atoms with Gasteiger partial charge in [-0.3, -0.25) is 4.79 Å². The van der Waals surface area contributed by atoms with Crippen LogP contribution in [-0.2, 0) is 20.9 Å². The van der Waals surface area contributed by atoms with Gasteiger partial charge in [-0.1, -0.05) is 11.6 Å². The maximum atomic E-state index is 11.9. The number of benzene rings is 2. The fourth-order valence-electron chi connectivity index (χ4n) is 2.99. The van der Waals surface area contributed by atoms with Crippen molar-refractivity contribution in [3.8, 4) is 17.2 Å². The van der Waals surface area contributed by atoms with E-state index in [-0.39, 0.29) is 25.0 Å². The van der Waals surface area contributed by atoms with Crippen LogP contribution in [0.1, 0.15) is 18.7 Å². The maximum Gasteiger partial charge on any atom is 0.344 e. The summed E-state index contributed by atoms with van der Waals surface area (Å²) in [5.41, 5.74) is 1.53. The molecule has 0 atom stereocenters. The van der Waals surface area contributed by atoms with Crippen molar-refractivity contribution in [3.05, 3.63) is 59.4 Å². The highest BCUT2D eigenvalue weighted by Crippen LogP contribution is 2.24. The van der Waals surface area contributed by atoms with E-state index in [1.807, 2.05) is 0 Å². The Balaban J connectivity index is 1.24. The van der Waals surface area contributed by atoms with Crippen LogP contribution in [0.15, 0.2) is 52.9 Å². The number of halogens is 1. The first-order chi connectivity index (χ1) is 14.6. The Morgan fingerprint density at radius 1 is 1.10 bits per heavy atom. The normalized spacial score (nSPS) is 13.5. The van der Waals surface area contributed by atoms with Crippen LogP contribution >= 0.6 is 11.6 Å². The van der Waals surface area contributed by atoms with Crippen LogP contribution < -0.4 is 9.64 Å². The average molecular weight is 428 g/mol. The second-order valence-electron chi connectivity index (χ2n) is 6.60. The van der Waals surface area contributed by atoms with Crippen LogP contribution in [0, 0.1) is 0 Å². The van der Waals surface area contributed by atoms with Crippen molar-refractivity contribution in [2.45, 2.75) is 19.4 Å². The van der Waals surface area contributed by atoms with E-state index in [2.05, 4.69) is 10.2 Å². The smallest absolute Gasteiger partial charge is 0.344 e. The molecule has 0 saturated carbocycles. The Morgan fingerprint density at radius 2 is 1.87 bits per heavy atom. The molecule has 1 aromatic heterocycles. The number of amides is 1. The number of hydrogen-bond donors (Lipinski definition) is 0. The van der Waals surface area contributed by atoms with E-state index in [9.17, 15) is 9.59 Å². The summed E-state index contributed by atoms with van der Waals surface area (Å²) in [6.45, 7) is 0.305. The molecule has 0 unspecified atom stereocenters. The fourth-order valence-corrected chi connectivity index (χ4v) is 3.12. The molecule has 0 aliphatic carbocycles. The predicted octanol–water partition coefficient (Wildman–Crippen LogP) is 3.64. The molecule has 30 heavy (non-hydrogen) atoms. The Morgan fingerprint density at radius 3 is 2.57 bits per heavy atom. The van der Waals surface area contributed by atoms with Crippen LogP contribution in [-0.4, -0.2) is 35.2 Å². The topological polar surface area (TPSA) is 94.8 Å². The molecule has 0 radical (unpaired) electrons. The lowest BCUT2D eigenvalue weighted by Gasteiger charge is -2.15. The number of rotatable bonds is 7. The summed E-state index contributed by atoms with van der Waals surface area (Å²) in [7, 11) is 0. The van der Waals surface area contributed by atoms with Gasteiger partial charge in [0.15, 0.2) is 13.2 Å². The van der Waals surface area contributed by atoms with Crippen molar-refractivity contribution in [1.82, 2.24) is 10.2 Å². The lowest BCUT2D eigenvalue weighted by atomic mass is 10.2. The zero-order valence-electron chi connectivity index (χ0n) is 15.9. The third-order valence-corrected chi connectivity index (χ3v) is 4.75. The molecule has 0 bridgehead atoms. The van der Waals surface area contributed by atoms with Crippen LogP contribution in [0.2, 0.25) is 5.02 Å². The second kappa shape index (κ2) is 8.96. The third-order valence-electron chi connectivity index (χ3n) is 4.49. The number of carbonyl (C=O) groups is 2. The lowest BCUT2D eigenvalue weighted by molar-refractivity contribution is -0.148. The highest BCUT2D eigenvalue weighted by atomic mass is 35.5. The van der Waals surface area contributed by atoms with Gasteiger partial charge in [0.05, 0.1) is 0 Å². The summed E-state index contributed by atoms with van der Waals surface area (Å²) < 4.78 is 16.0. The molecule has 2 heterocycles. The minimum atomic E-state index is -0.569. The summed E-state index contributed by atoms with van der Waals surface area (Å²) in [4.78, 5) is 25.4. The molecule has 1 amide bonds. The Kier molecular flexibility index (Phi) is 5.94. The van der Waals surface area contributed by atoms with Crippen LogP contribution in [0.5, 0.6) is 5.75 Å². The molecule has 1 aliphatic heterocycles. The summed E-state index contributed by atoms with van der Waals surface area (Å²) in [6, 6.07) is 14.0. The van der Waals surface area contributed by atoms with Gasteiger partial charge in [-0.05, 0) is 55.0 Å². The Labute approximate surface area is 177 Å². The number of carbonyl (C=O) groups excluding carboxylic acids is 2. The van der Waals surface area contributed by atoms with Gasteiger partial charge in [-0.15, -0.1) is 10.2 Å². The Bertz CT molecular complexity index is 1030. The van der Waals surface area contributed by atoms with E-state index in [1.54, 1.807) is 53.4 Å². The summed E-state index contributed by atoms with van der Waals surface area (Å²) in [5.74, 6) is 0.538. The first-order valence-electron chi connectivity index (χ1n) is 9.36.